The van der Waals surface area contributed by atoms with Crippen LogP contribution in [0.25, 0.3) is 0 Å². The molecule has 0 fully saturated rings. The highest BCUT2D eigenvalue weighted by atomic mass is 16.6. The number of aryl methyl sites for hydroxylation is 1. The molecule has 9 heteroatoms. The van der Waals surface area contributed by atoms with E-state index >= 15 is 0 Å². The van der Waals surface area contributed by atoms with Crippen molar-refractivity contribution in [2.45, 2.75) is 44.9 Å². The Kier molecular flexibility index (Phi) is 9.09. The lowest BCUT2D eigenvalue weighted by Crippen LogP contribution is -2.25. The third-order valence-corrected chi connectivity index (χ3v) is 3.78. The summed E-state index contributed by atoms with van der Waals surface area (Å²) < 4.78 is 0. The zero-order chi connectivity index (χ0) is 18.7. The lowest BCUT2D eigenvalue weighted by molar-refractivity contribution is -0.394. The van der Waals surface area contributed by atoms with E-state index in [-0.39, 0.29) is 17.3 Å². The van der Waals surface area contributed by atoms with E-state index < -0.39 is 9.85 Å². The molecule has 0 radical (unpaired) electrons. The van der Waals surface area contributed by atoms with Gasteiger partial charge in [0, 0.05) is 24.6 Å². The second kappa shape index (κ2) is 11.1. The van der Waals surface area contributed by atoms with Crippen molar-refractivity contribution >= 4 is 17.3 Å². The molecule has 0 heterocycles. The first-order valence-electron chi connectivity index (χ1n) is 8.34. The molecule has 0 saturated carbocycles. The van der Waals surface area contributed by atoms with Crippen molar-refractivity contribution < 1.29 is 14.6 Å². The Balaban J connectivity index is 2.33. The van der Waals surface area contributed by atoms with E-state index in [2.05, 4.69) is 5.32 Å². The van der Waals surface area contributed by atoms with Crippen molar-refractivity contribution in [3.63, 3.8) is 0 Å². The highest BCUT2D eigenvalue weighted by Gasteiger charge is 2.18. The summed E-state index contributed by atoms with van der Waals surface area (Å²) >= 11 is 0. The monoisotopic (exact) mass is 352 g/mol. The molecule has 0 aromatic heterocycles. The van der Waals surface area contributed by atoms with Crippen molar-refractivity contribution in [2.75, 3.05) is 13.1 Å². The van der Waals surface area contributed by atoms with Gasteiger partial charge >= 0.3 is 0 Å². The first-order chi connectivity index (χ1) is 12.0. The molecule has 9 nitrogen and oxygen atoms in total. The van der Waals surface area contributed by atoms with Crippen molar-refractivity contribution in [2.24, 2.45) is 5.73 Å². The molecule has 0 bridgehead atoms. The van der Waals surface area contributed by atoms with Crippen molar-refractivity contribution in [1.82, 2.24) is 5.32 Å². The minimum Gasteiger partial charge on any atom is -0.356 e. The molecule has 1 rings (SSSR count). The number of nitrogens with zero attached hydrogens (tertiary/aromatic N) is 2. The van der Waals surface area contributed by atoms with Crippen molar-refractivity contribution in [3.05, 3.63) is 44.0 Å². The minimum absolute atomic E-state index is 0.0134. The molecule has 25 heavy (non-hydrogen) atoms. The minimum atomic E-state index is -0.643. The van der Waals surface area contributed by atoms with Crippen LogP contribution in [0.3, 0.4) is 0 Å². The van der Waals surface area contributed by atoms with E-state index in [1.807, 2.05) is 0 Å². The molecule has 0 spiro atoms. The average Bonchev–Trinajstić information content (AvgIpc) is 2.57. The predicted molar refractivity (Wildman–Crippen MR) is 93.2 cm³/mol. The highest BCUT2D eigenvalue weighted by Crippen LogP contribution is 2.26. The van der Waals surface area contributed by atoms with E-state index in [0.717, 1.165) is 38.2 Å². The number of carbonyl (C=O) groups is 1. The molecule has 1 aromatic rings. The summed E-state index contributed by atoms with van der Waals surface area (Å²) in [6.45, 7) is 1.15. The van der Waals surface area contributed by atoms with Gasteiger partial charge < -0.3 is 11.1 Å². The maximum absolute atomic E-state index is 11.5. The third kappa shape index (κ3) is 7.71. The maximum atomic E-state index is 11.5. The number of nitro groups is 2. The lowest BCUT2D eigenvalue weighted by Gasteiger charge is -2.05. The molecule has 0 aliphatic heterocycles. The summed E-state index contributed by atoms with van der Waals surface area (Å²) in [6.07, 6.45) is 4.89. The molecule has 0 atom stereocenters. The van der Waals surface area contributed by atoms with E-state index in [0.29, 0.717) is 31.5 Å². The van der Waals surface area contributed by atoms with Gasteiger partial charge in [0.15, 0.2) is 0 Å². The van der Waals surface area contributed by atoms with E-state index in [1.54, 1.807) is 0 Å². The van der Waals surface area contributed by atoms with Gasteiger partial charge in [0.2, 0.25) is 5.91 Å². The zero-order valence-electron chi connectivity index (χ0n) is 14.1. The number of rotatable bonds is 12. The van der Waals surface area contributed by atoms with Crippen molar-refractivity contribution in [1.29, 1.82) is 0 Å². The molecule has 3 N–H and O–H groups in total. The van der Waals surface area contributed by atoms with Crippen LogP contribution < -0.4 is 11.1 Å². The highest BCUT2D eigenvalue weighted by molar-refractivity contribution is 5.75. The van der Waals surface area contributed by atoms with E-state index in [1.165, 1.54) is 12.1 Å². The van der Waals surface area contributed by atoms with Gasteiger partial charge in [-0.3, -0.25) is 25.0 Å². The predicted octanol–water partition coefficient (Wildman–Crippen LogP) is 2.46. The van der Waals surface area contributed by atoms with Gasteiger partial charge in [0.1, 0.15) is 0 Å². The maximum Gasteiger partial charge on any atom is 0.279 e. The Bertz CT molecular complexity index is 606. The Morgan fingerprint density at radius 3 is 2.40 bits per heavy atom. The van der Waals surface area contributed by atoms with Crippen LogP contribution in [0.2, 0.25) is 0 Å². The second-order valence-electron chi connectivity index (χ2n) is 5.73. The third-order valence-electron chi connectivity index (χ3n) is 3.78. The van der Waals surface area contributed by atoms with Crippen molar-refractivity contribution in [3.8, 4) is 0 Å². The average molecular weight is 352 g/mol. The molecular formula is C16H24N4O5. The quantitative estimate of drug-likeness (QED) is 0.336. The standard InChI is InChI=1S/C16H24N4O5/c17-10-5-11-18-16(21)7-4-2-1-3-6-13-8-9-14(19(22)23)12-15(13)20(24)25/h8-9,12H,1-7,10-11,17H2,(H,18,21). The van der Waals surface area contributed by atoms with E-state index in [4.69, 9.17) is 5.73 Å². The first-order valence-corrected chi connectivity index (χ1v) is 8.34. The summed E-state index contributed by atoms with van der Waals surface area (Å²) in [6, 6.07) is 3.73. The molecule has 0 saturated heterocycles. The first kappa shape index (κ1) is 20.5. The number of carbonyl (C=O) groups excluding carboxylic acids is 1. The fourth-order valence-electron chi connectivity index (χ4n) is 2.42. The number of non-ortho nitro benzene ring substituents is 1. The van der Waals surface area contributed by atoms with Crippen LogP contribution in [-0.2, 0) is 11.2 Å². The van der Waals surface area contributed by atoms with Crippen LogP contribution in [-0.4, -0.2) is 28.8 Å². The fraction of sp³-hybridized carbons (Fsp3) is 0.562. The molecule has 0 unspecified atom stereocenters. The van der Waals surface area contributed by atoms with Crippen LogP contribution in [0.5, 0.6) is 0 Å². The smallest absolute Gasteiger partial charge is 0.279 e. The summed E-state index contributed by atoms with van der Waals surface area (Å²) in [5.74, 6) is 0.0134. The van der Waals surface area contributed by atoms with Gasteiger partial charge in [0.25, 0.3) is 11.4 Å². The summed E-state index contributed by atoms with van der Waals surface area (Å²) in [5.41, 5.74) is 5.34. The largest absolute Gasteiger partial charge is 0.356 e. The molecule has 1 aromatic carbocycles. The van der Waals surface area contributed by atoms with Gasteiger partial charge in [-0.25, -0.2) is 0 Å². The summed E-state index contributed by atoms with van der Waals surface area (Å²) in [7, 11) is 0. The Morgan fingerprint density at radius 2 is 1.76 bits per heavy atom. The number of hydrogen-bond acceptors (Lipinski definition) is 6. The SMILES string of the molecule is NCCCNC(=O)CCCCCCc1ccc([N+](=O)[O-])cc1[N+](=O)[O-]. The van der Waals surface area contributed by atoms with Crippen LogP contribution in [0.15, 0.2) is 18.2 Å². The summed E-state index contributed by atoms with van der Waals surface area (Å²) in [5, 5.41) is 24.5. The van der Waals surface area contributed by atoms with Crippen LogP contribution in [0.4, 0.5) is 11.4 Å². The number of unbranched alkanes of at least 4 members (excludes halogenated alkanes) is 3. The molecular weight excluding hydrogens is 328 g/mol. The number of nitro benzene ring substituents is 2. The van der Waals surface area contributed by atoms with E-state index in [9.17, 15) is 25.0 Å². The molecule has 138 valence electrons. The fourth-order valence-corrected chi connectivity index (χ4v) is 2.42. The normalized spacial score (nSPS) is 10.4. The lowest BCUT2D eigenvalue weighted by atomic mass is 10.0. The van der Waals surface area contributed by atoms with Gasteiger partial charge in [-0.05, 0) is 38.3 Å². The van der Waals surface area contributed by atoms with Gasteiger partial charge in [-0.15, -0.1) is 0 Å². The Morgan fingerprint density at radius 1 is 1.04 bits per heavy atom. The van der Waals surface area contributed by atoms with Gasteiger partial charge in [-0.2, -0.15) is 0 Å². The molecule has 1 amide bonds. The number of hydrogen-bond donors (Lipinski definition) is 2. The van der Waals surface area contributed by atoms with Crippen LogP contribution in [0.1, 0.15) is 44.1 Å². The molecule has 0 aliphatic carbocycles. The zero-order valence-corrected chi connectivity index (χ0v) is 14.1. The number of amides is 1. The Labute approximate surface area is 145 Å². The van der Waals surface area contributed by atoms with Gasteiger partial charge in [-0.1, -0.05) is 12.8 Å². The summed E-state index contributed by atoms with van der Waals surface area (Å²) in [4.78, 5) is 32.0. The Hall–Kier alpha value is -2.55. The van der Waals surface area contributed by atoms with Gasteiger partial charge in [0.05, 0.1) is 15.9 Å². The topological polar surface area (TPSA) is 141 Å². The van der Waals surface area contributed by atoms with Crippen LogP contribution >= 0.6 is 0 Å². The molecule has 0 aliphatic rings. The second-order valence-corrected chi connectivity index (χ2v) is 5.73. The van der Waals surface area contributed by atoms with Crippen LogP contribution in [0, 0.1) is 20.2 Å². The number of nitrogens with one attached hydrogen (secondary N) is 1. The number of benzene rings is 1. The number of nitrogens with two attached hydrogens (primary N) is 1.